The molecule has 4 rings (SSSR count). The van der Waals surface area contributed by atoms with Gasteiger partial charge in [-0.1, -0.05) is 30.3 Å². The van der Waals surface area contributed by atoms with Crippen molar-refractivity contribution in [3.63, 3.8) is 0 Å². The van der Waals surface area contributed by atoms with Crippen molar-refractivity contribution in [3.8, 4) is 0 Å². The maximum absolute atomic E-state index is 12.8. The molecule has 0 radical (unpaired) electrons. The highest BCUT2D eigenvalue weighted by Crippen LogP contribution is 2.15. The molecule has 136 valence electrons. The summed E-state index contributed by atoms with van der Waals surface area (Å²) in [6, 6.07) is 14.8. The van der Waals surface area contributed by atoms with Gasteiger partial charge in [-0.25, -0.2) is 9.67 Å². The lowest BCUT2D eigenvalue weighted by atomic mass is 10.1. The fourth-order valence-electron chi connectivity index (χ4n) is 3.21. The normalized spacial score (nSPS) is 11.2. The van der Waals surface area contributed by atoms with Gasteiger partial charge >= 0.3 is 0 Å². The predicted octanol–water partition coefficient (Wildman–Crippen LogP) is 2.23. The zero-order valence-corrected chi connectivity index (χ0v) is 15.1. The molecule has 0 aliphatic rings. The van der Waals surface area contributed by atoms with E-state index in [4.69, 9.17) is 0 Å². The molecular weight excluding hydrogens is 342 g/mol. The summed E-state index contributed by atoms with van der Waals surface area (Å²) in [6.45, 7) is 2.49. The van der Waals surface area contributed by atoms with E-state index in [1.165, 1.54) is 4.68 Å². The minimum absolute atomic E-state index is 0.194. The third kappa shape index (κ3) is 2.87. The lowest BCUT2D eigenvalue weighted by Gasteiger charge is -2.10. The molecule has 2 aromatic heterocycles. The molecule has 1 N–H and O–H groups in total. The first-order valence-electron chi connectivity index (χ1n) is 8.78. The molecule has 2 aromatic carbocycles. The molecule has 0 saturated carbocycles. The minimum atomic E-state index is -0.333. The lowest BCUT2D eigenvalue weighted by Crippen LogP contribution is -2.30. The summed E-state index contributed by atoms with van der Waals surface area (Å²) in [5.41, 5.74) is 1.93. The first-order chi connectivity index (χ1) is 13.1. The van der Waals surface area contributed by atoms with Crippen LogP contribution in [0.3, 0.4) is 0 Å². The topological polar surface area (TPSA) is 81.8 Å². The van der Waals surface area contributed by atoms with Gasteiger partial charge in [-0.2, -0.15) is 5.10 Å². The monoisotopic (exact) mass is 361 g/mol. The predicted molar refractivity (Wildman–Crippen MR) is 104 cm³/mol. The standard InChI is InChI=1S/C20H19N5O2/c1-3-25-20(27)14-9-5-4-8-13(14)18(23-25)19(26)21-12-17-22-15-10-6-7-11-16(15)24(17)2/h4-11H,3,12H2,1-2H3,(H,21,26). The Morgan fingerprint density at radius 2 is 1.78 bits per heavy atom. The quantitative estimate of drug-likeness (QED) is 0.604. The van der Waals surface area contributed by atoms with Crippen LogP contribution < -0.4 is 10.9 Å². The Morgan fingerprint density at radius 1 is 1.07 bits per heavy atom. The van der Waals surface area contributed by atoms with Crippen molar-refractivity contribution in [2.45, 2.75) is 20.0 Å². The number of hydrogen-bond acceptors (Lipinski definition) is 4. The molecule has 0 saturated heterocycles. The summed E-state index contributed by atoms with van der Waals surface area (Å²) < 4.78 is 3.26. The number of fused-ring (bicyclic) bond motifs is 2. The molecule has 0 bridgehead atoms. The van der Waals surface area contributed by atoms with E-state index in [9.17, 15) is 9.59 Å². The van der Waals surface area contributed by atoms with Crippen molar-refractivity contribution in [1.29, 1.82) is 0 Å². The Morgan fingerprint density at radius 3 is 2.52 bits per heavy atom. The highest BCUT2D eigenvalue weighted by Gasteiger charge is 2.17. The van der Waals surface area contributed by atoms with E-state index in [0.29, 0.717) is 17.3 Å². The van der Waals surface area contributed by atoms with Crippen molar-refractivity contribution < 1.29 is 4.79 Å². The zero-order chi connectivity index (χ0) is 19.0. The second kappa shape index (κ2) is 6.68. The number of benzene rings is 2. The van der Waals surface area contributed by atoms with Crippen molar-refractivity contribution in [3.05, 3.63) is 70.4 Å². The summed E-state index contributed by atoms with van der Waals surface area (Å²) in [4.78, 5) is 29.8. The highest BCUT2D eigenvalue weighted by atomic mass is 16.2. The second-order valence-electron chi connectivity index (χ2n) is 6.27. The second-order valence-corrected chi connectivity index (χ2v) is 6.27. The van der Waals surface area contributed by atoms with E-state index in [1.807, 2.05) is 42.8 Å². The third-order valence-corrected chi connectivity index (χ3v) is 4.67. The summed E-state index contributed by atoms with van der Waals surface area (Å²) in [5.74, 6) is 0.415. The van der Waals surface area contributed by atoms with Crippen LogP contribution in [0.4, 0.5) is 0 Å². The number of imidazole rings is 1. The molecule has 0 aliphatic heterocycles. The van der Waals surface area contributed by atoms with Gasteiger partial charge in [-0.05, 0) is 25.1 Å². The summed E-state index contributed by atoms with van der Waals surface area (Å²) >= 11 is 0. The van der Waals surface area contributed by atoms with Gasteiger partial charge < -0.3 is 9.88 Å². The van der Waals surface area contributed by atoms with E-state index in [-0.39, 0.29) is 23.7 Å². The highest BCUT2D eigenvalue weighted by molar-refractivity contribution is 6.04. The fourth-order valence-corrected chi connectivity index (χ4v) is 3.21. The third-order valence-electron chi connectivity index (χ3n) is 4.67. The fraction of sp³-hybridized carbons (Fsp3) is 0.200. The van der Waals surface area contributed by atoms with Gasteiger partial charge in [0.1, 0.15) is 5.82 Å². The summed E-state index contributed by atoms with van der Waals surface area (Å²) in [5, 5.41) is 8.18. The van der Waals surface area contributed by atoms with E-state index in [2.05, 4.69) is 15.4 Å². The summed E-state index contributed by atoms with van der Waals surface area (Å²) in [7, 11) is 1.92. The molecule has 1 amide bonds. The molecule has 27 heavy (non-hydrogen) atoms. The smallest absolute Gasteiger partial charge is 0.274 e. The lowest BCUT2D eigenvalue weighted by molar-refractivity contribution is 0.0944. The van der Waals surface area contributed by atoms with Gasteiger partial charge in [0.15, 0.2) is 5.69 Å². The first kappa shape index (κ1) is 17.0. The van der Waals surface area contributed by atoms with Crippen LogP contribution in [-0.2, 0) is 20.1 Å². The van der Waals surface area contributed by atoms with Crippen LogP contribution in [-0.4, -0.2) is 25.2 Å². The Balaban J connectivity index is 1.68. The minimum Gasteiger partial charge on any atom is -0.343 e. The SMILES string of the molecule is CCn1nc(C(=O)NCc2nc3ccccc3n2C)c2ccccc2c1=O. The average Bonchev–Trinajstić information content (AvgIpc) is 3.03. The molecule has 0 unspecified atom stereocenters. The number of carbonyl (C=O) groups excluding carboxylic acids is 1. The van der Waals surface area contributed by atoms with Crippen LogP contribution in [0.5, 0.6) is 0 Å². The number of aryl methyl sites for hydroxylation is 2. The van der Waals surface area contributed by atoms with Crippen molar-refractivity contribution in [2.75, 3.05) is 0 Å². The Kier molecular flexibility index (Phi) is 4.19. The first-order valence-corrected chi connectivity index (χ1v) is 8.78. The van der Waals surface area contributed by atoms with Crippen LogP contribution in [0.1, 0.15) is 23.2 Å². The van der Waals surface area contributed by atoms with Crippen LogP contribution in [0.2, 0.25) is 0 Å². The number of para-hydroxylation sites is 2. The molecule has 0 spiro atoms. The molecule has 4 aromatic rings. The van der Waals surface area contributed by atoms with Crippen molar-refractivity contribution >= 4 is 27.7 Å². The number of aromatic nitrogens is 4. The number of nitrogens with one attached hydrogen (secondary N) is 1. The van der Waals surface area contributed by atoms with Gasteiger partial charge in [-0.3, -0.25) is 9.59 Å². The molecule has 7 nitrogen and oxygen atoms in total. The number of carbonyl (C=O) groups is 1. The van der Waals surface area contributed by atoms with Gasteiger partial charge in [0.25, 0.3) is 11.5 Å². The van der Waals surface area contributed by atoms with E-state index in [0.717, 1.165) is 16.9 Å². The van der Waals surface area contributed by atoms with Gasteiger partial charge in [0.2, 0.25) is 0 Å². The van der Waals surface area contributed by atoms with Gasteiger partial charge in [0.05, 0.1) is 23.0 Å². The van der Waals surface area contributed by atoms with Gasteiger partial charge in [0, 0.05) is 19.0 Å². The van der Waals surface area contributed by atoms with E-state index >= 15 is 0 Å². The number of hydrogen-bond donors (Lipinski definition) is 1. The molecular formula is C20H19N5O2. The number of nitrogens with zero attached hydrogens (tertiary/aromatic N) is 4. The molecule has 2 heterocycles. The number of rotatable bonds is 4. The van der Waals surface area contributed by atoms with Crippen LogP contribution >= 0.6 is 0 Å². The Hall–Kier alpha value is -3.48. The molecule has 7 heteroatoms. The van der Waals surface area contributed by atoms with Crippen molar-refractivity contribution in [1.82, 2.24) is 24.6 Å². The molecule has 0 atom stereocenters. The largest absolute Gasteiger partial charge is 0.343 e. The Labute approximate surface area is 155 Å². The van der Waals surface area contributed by atoms with Gasteiger partial charge in [-0.15, -0.1) is 0 Å². The maximum Gasteiger partial charge on any atom is 0.274 e. The summed E-state index contributed by atoms with van der Waals surface area (Å²) in [6.07, 6.45) is 0. The van der Waals surface area contributed by atoms with Crippen LogP contribution in [0.25, 0.3) is 21.8 Å². The van der Waals surface area contributed by atoms with Crippen LogP contribution in [0.15, 0.2) is 53.3 Å². The molecule has 0 aliphatic carbocycles. The Bertz CT molecular complexity index is 1220. The number of amides is 1. The van der Waals surface area contributed by atoms with E-state index < -0.39 is 0 Å². The van der Waals surface area contributed by atoms with E-state index in [1.54, 1.807) is 24.3 Å². The molecule has 0 fully saturated rings. The van der Waals surface area contributed by atoms with Crippen LogP contribution in [0, 0.1) is 0 Å². The van der Waals surface area contributed by atoms with Crippen molar-refractivity contribution in [2.24, 2.45) is 7.05 Å². The zero-order valence-electron chi connectivity index (χ0n) is 15.1. The maximum atomic E-state index is 12.8. The average molecular weight is 361 g/mol.